The van der Waals surface area contributed by atoms with E-state index in [0.717, 1.165) is 0 Å². The lowest BCUT2D eigenvalue weighted by molar-refractivity contribution is -0.322. The summed E-state index contributed by atoms with van der Waals surface area (Å²) in [5.74, 6) is -0.258. The topological polar surface area (TPSA) is 78.6 Å². The first-order valence-electron chi connectivity index (χ1n) is 4.89. The van der Waals surface area contributed by atoms with Crippen molar-refractivity contribution >= 4 is 24.0 Å². The van der Waals surface area contributed by atoms with Crippen LogP contribution < -0.4 is 5.73 Å². The number of nitrogens with two attached hydrogens (primary N) is 1. The molecule has 6 heteroatoms. The van der Waals surface area contributed by atoms with Crippen molar-refractivity contribution in [2.24, 2.45) is 5.73 Å². The monoisotopic (exact) mass is 249 g/mol. The fourth-order valence-corrected chi connectivity index (χ4v) is 1.26. The van der Waals surface area contributed by atoms with Gasteiger partial charge in [0.1, 0.15) is 5.60 Å². The SMILES string of the molecule is CSCCC(N)(C=O)C(=O)OOC(C)(C)C. The predicted molar refractivity (Wildman–Crippen MR) is 62.9 cm³/mol. The molecule has 0 aromatic carbocycles. The first-order chi connectivity index (χ1) is 7.25. The summed E-state index contributed by atoms with van der Waals surface area (Å²) in [4.78, 5) is 31.7. The maximum atomic E-state index is 11.5. The van der Waals surface area contributed by atoms with E-state index in [1.165, 1.54) is 11.8 Å². The Morgan fingerprint density at radius 3 is 2.38 bits per heavy atom. The number of rotatable bonds is 6. The average Bonchev–Trinajstić information content (AvgIpc) is 2.21. The van der Waals surface area contributed by atoms with Gasteiger partial charge in [-0.2, -0.15) is 16.6 Å². The van der Waals surface area contributed by atoms with Gasteiger partial charge >= 0.3 is 5.97 Å². The van der Waals surface area contributed by atoms with Crippen molar-refractivity contribution in [3.05, 3.63) is 0 Å². The molecule has 0 fully saturated rings. The number of carbonyl (C=O) groups excluding carboxylic acids is 2. The second-order valence-electron chi connectivity index (χ2n) is 4.47. The van der Waals surface area contributed by atoms with Gasteiger partial charge in [0.05, 0.1) is 0 Å². The highest BCUT2D eigenvalue weighted by atomic mass is 32.2. The van der Waals surface area contributed by atoms with Crippen LogP contribution in [0.3, 0.4) is 0 Å². The third-order valence-corrected chi connectivity index (χ3v) is 2.29. The van der Waals surface area contributed by atoms with Gasteiger partial charge in [0.2, 0.25) is 0 Å². The molecular formula is C10H19NO4S. The van der Waals surface area contributed by atoms with Crippen LogP contribution in [0, 0.1) is 0 Å². The molecule has 0 aliphatic heterocycles. The van der Waals surface area contributed by atoms with Crippen LogP contribution in [-0.2, 0) is 19.4 Å². The molecule has 16 heavy (non-hydrogen) atoms. The molecule has 0 radical (unpaired) electrons. The third-order valence-electron chi connectivity index (χ3n) is 1.68. The van der Waals surface area contributed by atoms with E-state index in [2.05, 4.69) is 4.89 Å². The fourth-order valence-electron chi connectivity index (χ4n) is 0.720. The smallest absolute Gasteiger partial charge is 0.310 e. The summed E-state index contributed by atoms with van der Waals surface area (Å²) < 4.78 is 0. The van der Waals surface area contributed by atoms with E-state index in [0.29, 0.717) is 12.0 Å². The molecule has 0 rings (SSSR count). The minimum absolute atomic E-state index is 0.226. The number of aldehydes is 1. The molecule has 0 saturated heterocycles. The van der Waals surface area contributed by atoms with Gasteiger partial charge in [0.25, 0.3) is 0 Å². The lowest BCUT2D eigenvalue weighted by Gasteiger charge is -2.23. The van der Waals surface area contributed by atoms with Crippen LogP contribution in [0.1, 0.15) is 27.2 Å². The average molecular weight is 249 g/mol. The van der Waals surface area contributed by atoms with E-state index in [1.54, 1.807) is 20.8 Å². The van der Waals surface area contributed by atoms with Crippen molar-refractivity contribution in [2.45, 2.75) is 38.3 Å². The Balaban J connectivity index is 4.35. The fraction of sp³-hybridized carbons (Fsp3) is 0.800. The molecule has 0 heterocycles. The number of hydrogen-bond acceptors (Lipinski definition) is 6. The van der Waals surface area contributed by atoms with Gasteiger partial charge in [0.15, 0.2) is 11.8 Å². The van der Waals surface area contributed by atoms with E-state index >= 15 is 0 Å². The highest BCUT2D eigenvalue weighted by Crippen LogP contribution is 2.14. The van der Waals surface area contributed by atoms with Gasteiger partial charge in [0, 0.05) is 0 Å². The normalized spacial score (nSPS) is 15.3. The van der Waals surface area contributed by atoms with Gasteiger partial charge in [-0.1, -0.05) is 0 Å². The molecule has 5 nitrogen and oxygen atoms in total. The minimum Gasteiger partial charge on any atom is -0.310 e. The molecule has 94 valence electrons. The standard InChI is InChI=1S/C10H19NO4S/c1-9(2,3)15-14-8(13)10(11,7-12)5-6-16-4/h7H,5-6,11H2,1-4H3. The molecular weight excluding hydrogens is 230 g/mol. The summed E-state index contributed by atoms with van der Waals surface area (Å²) in [5.41, 5.74) is 3.38. The number of carbonyl (C=O) groups is 2. The van der Waals surface area contributed by atoms with Gasteiger partial charge in [-0.15, -0.1) is 0 Å². The Morgan fingerprint density at radius 1 is 1.44 bits per heavy atom. The van der Waals surface area contributed by atoms with Crippen molar-refractivity contribution in [1.82, 2.24) is 0 Å². The summed E-state index contributed by atoms with van der Waals surface area (Å²) >= 11 is 1.50. The van der Waals surface area contributed by atoms with Crippen LogP contribution in [0.15, 0.2) is 0 Å². The second-order valence-corrected chi connectivity index (χ2v) is 5.45. The van der Waals surface area contributed by atoms with E-state index in [-0.39, 0.29) is 6.42 Å². The first-order valence-corrected chi connectivity index (χ1v) is 6.29. The predicted octanol–water partition coefficient (Wildman–Crippen LogP) is 0.909. The van der Waals surface area contributed by atoms with Gasteiger partial charge < -0.3 is 10.5 Å². The quantitative estimate of drug-likeness (QED) is 0.326. The van der Waals surface area contributed by atoms with Gasteiger partial charge in [-0.3, -0.25) is 4.89 Å². The lowest BCUT2D eigenvalue weighted by Crippen LogP contribution is -2.51. The summed E-state index contributed by atoms with van der Waals surface area (Å²) in [6.07, 6.45) is 2.49. The molecule has 2 N–H and O–H groups in total. The molecule has 0 aliphatic rings. The van der Waals surface area contributed by atoms with Crippen LogP contribution >= 0.6 is 11.8 Å². The molecule has 0 aromatic heterocycles. The number of hydrogen-bond donors (Lipinski definition) is 1. The summed E-state index contributed by atoms with van der Waals surface area (Å²) in [6, 6.07) is 0. The summed E-state index contributed by atoms with van der Waals surface area (Å²) in [6.45, 7) is 5.17. The zero-order valence-corrected chi connectivity index (χ0v) is 10.9. The summed E-state index contributed by atoms with van der Waals surface area (Å²) in [5, 5.41) is 0. The van der Waals surface area contributed by atoms with Crippen LogP contribution in [0.2, 0.25) is 0 Å². The summed E-state index contributed by atoms with van der Waals surface area (Å²) in [7, 11) is 0. The molecule has 0 bridgehead atoms. The minimum atomic E-state index is -1.62. The van der Waals surface area contributed by atoms with Crippen LogP contribution in [0.25, 0.3) is 0 Å². The third kappa shape index (κ3) is 5.48. The Labute approximate surface area is 100.0 Å². The zero-order valence-electron chi connectivity index (χ0n) is 10.1. The number of thioether (sulfide) groups is 1. The van der Waals surface area contributed by atoms with Crippen LogP contribution in [-0.4, -0.2) is 35.4 Å². The van der Waals surface area contributed by atoms with E-state index in [1.807, 2.05) is 6.26 Å². The molecule has 0 spiro atoms. The maximum absolute atomic E-state index is 11.5. The van der Waals surface area contributed by atoms with Crippen molar-refractivity contribution < 1.29 is 19.4 Å². The molecule has 0 aromatic rings. The van der Waals surface area contributed by atoms with Crippen molar-refractivity contribution in [3.8, 4) is 0 Å². The van der Waals surface area contributed by atoms with Crippen LogP contribution in [0.5, 0.6) is 0 Å². The van der Waals surface area contributed by atoms with E-state index in [9.17, 15) is 9.59 Å². The van der Waals surface area contributed by atoms with Gasteiger partial charge in [-0.05, 0) is 39.2 Å². The Kier molecular flexibility index (Phi) is 5.99. The lowest BCUT2D eigenvalue weighted by atomic mass is 10.0. The van der Waals surface area contributed by atoms with Crippen molar-refractivity contribution in [1.29, 1.82) is 0 Å². The van der Waals surface area contributed by atoms with E-state index in [4.69, 9.17) is 10.6 Å². The molecule has 0 aliphatic carbocycles. The van der Waals surface area contributed by atoms with E-state index < -0.39 is 17.1 Å². The van der Waals surface area contributed by atoms with Crippen molar-refractivity contribution in [2.75, 3.05) is 12.0 Å². The molecule has 0 saturated carbocycles. The van der Waals surface area contributed by atoms with Gasteiger partial charge in [-0.25, -0.2) is 4.79 Å². The first kappa shape index (κ1) is 15.4. The Hall–Kier alpha value is -0.590. The molecule has 0 amide bonds. The Bertz CT molecular complexity index is 252. The molecule has 1 atom stereocenters. The zero-order chi connectivity index (χ0) is 12.8. The molecule has 1 unspecified atom stereocenters. The Morgan fingerprint density at radius 2 is 2.00 bits per heavy atom. The van der Waals surface area contributed by atoms with Crippen molar-refractivity contribution in [3.63, 3.8) is 0 Å². The van der Waals surface area contributed by atoms with Crippen LogP contribution in [0.4, 0.5) is 0 Å². The highest BCUT2D eigenvalue weighted by molar-refractivity contribution is 7.98. The maximum Gasteiger partial charge on any atom is 0.369 e. The largest absolute Gasteiger partial charge is 0.369 e. The second kappa shape index (κ2) is 6.22. The highest BCUT2D eigenvalue weighted by Gasteiger charge is 2.37.